The lowest BCUT2D eigenvalue weighted by molar-refractivity contribution is -0.143. The van der Waals surface area contributed by atoms with E-state index in [2.05, 4.69) is 0 Å². The Bertz CT molecular complexity index is 1370. The average molecular weight is 617 g/mol. The molecule has 3 aromatic carbocycles. The summed E-state index contributed by atoms with van der Waals surface area (Å²) in [5.74, 6) is -30.1. The lowest BCUT2D eigenvalue weighted by Crippen LogP contribution is -2.74. The summed E-state index contributed by atoms with van der Waals surface area (Å²) in [4.78, 5) is 0. The summed E-state index contributed by atoms with van der Waals surface area (Å²) >= 11 is 0. The molecule has 0 unspecified atom stereocenters. The fraction of sp³-hybridized carbons (Fsp3) is 0.217. The maximum atomic E-state index is 15.2. The van der Waals surface area contributed by atoms with Crippen LogP contribution < -0.4 is 16.4 Å². The molecule has 0 radical (unpaired) electrons. The van der Waals surface area contributed by atoms with Gasteiger partial charge in [0.05, 0.1) is 11.1 Å². The molecule has 3 rings (SSSR count). The van der Waals surface area contributed by atoms with Gasteiger partial charge in [-0.1, -0.05) is 23.1 Å². The van der Waals surface area contributed by atoms with Gasteiger partial charge in [-0.15, -0.1) is 0 Å². The molecular formula is C23H10BF16O-. The Hall–Kier alpha value is -3.44. The van der Waals surface area contributed by atoms with Crippen molar-refractivity contribution >= 4 is 22.7 Å². The minimum atomic E-state index is -5.79. The summed E-state index contributed by atoms with van der Waals surface area (Å²) in [5, 5.41) is 0. The molecule has 0 saturated carbocycles. The van der Waals surface area contributed by atoms with E-state index in [4.69, 9.17) is 4.65 Å². The molecule has 0 aliphatic carbocycles. The van der Waals surface area contributed by atoms with Crippen molar-refractivity contribution in [2.75, 3.05) is 0 Å². The molecule has 0 N–H and O–H groups in total. The van der Waals surface area contributed by atoms with E-state index >= 15 is 17.6 Å². The predicted molar refractivity (Wildman–Crippen MR) is 110 cm³/mol. The fourth-order valence-electron chi connectivity index (χ4n) is 4.27. The quantitative estimate of drug-likeness (QED) is 0.138. The zero-order chi connectivity index (χ0) is 31.6. The van der Waals surface area contributed by atoms with Crippen LogP contribution in [0.4, 0.5) is 70.2 Å². The minimum Gasteiger partial charge on any atom is -0.577 e. The van der Waals surface area contributed by atoms with Crippen LogP contribution in [0.1, 0.15) is 25.0 Å². The molecule has 3 aromatic rings. The molecule has 18 heteroatoms. The van der Waals surface area contributed by atoms with Gasteiger partial charge in [0, 0.05) is 6.10 Å². The SMILES string of the molecule is CC(C)O[B-](c1cc(C(F)(F)F)cc(C(F)(F)F)c1)(c1c(F)c(F)c(F)c(F)c1F)c1c(F)c(F)c(F)c(F)c1F. The zero-order valence-corrected chi connectivity index (χ0v) is 19.8. The standard InChI is InChI=1S/C23H10BF16O/c1-6(2)41-24(10-12(25)16(29)20(33)17(30)13(10)26,11-14(27)18(31)21(34)19(32)15(11)28)9-4-7(22(35,36)37)3-8(5-9)23(38,39)40/h3-6H,1-2H3/q-1. The van der Waals surface area contributed by atoms with Crippen LogP contribution >= 0.6 is 0 Å². The molecule has 0 fully saturated rings. The molecule has 0 amide bonds. The molecule has 224 valence electrons. The first-order valence-corrected chi connectivity index (χ1v) is 10.7. The largest absolute Gasteiger partial charge is 0.577 e. The van der Waals surface area contributed by atoms with E-state index in [1.165, 1.54) is 0 Å². The molecule has 0 spiro atoms. The van der Waals surface area contributed by atoms with E-state index in [0.717, 1.165) is 13.8 Å². The molecule has 41 heavy (non-hydrogen) atoms. The van der Waals surface area contributed by atoms with Crippen molar-refractivity contribution < 1.29 is 74.9 Å². The van der Waals surface area contributed by atoms with Crippen LogP contribution in [0, 0.1) is 58.2 Å². The van der Waals surface area contributed by atoms with E-state index < -0.39 is 129 Å². The van der Waals surface area contributed by atoms with Crippen LogP contribution in [0.2, 0.25) is 0 Å². The number of alkyl halides is 6. The number of rotatable bonds is 5. The Balaban J connectivity index is 2.84. The summed E-state index contributed by atoms with van der Waals surface area (Å²) in [6, 6.07) is -1.56. The second-order valence-electron chi connectivity index (χ2n) is 8.78. The van der Waals surface area contributed by atoms with Gasteiger partial charge >= 0.3 is 12.4 Å². The van der Waals surface area contributed by atoms with E-state index in [1.54, 1.807) is 0 Å². The maximum absolute atomic E-state index is 15.2. The molecule has 1 nitrogen and oxygen atoms in total. The fourth-order valence-corrected chi connectivity index (χ4v) is 4.27. The average Bonchev–Trinajstić information content (AvgIpc) is 2.86. The highest BCUT2D eigenvalue weighted by Crippen LogP contribution is 2.36. The molecule has 0 bridgehead atoms. The third-order valence-corrected chi connectivity index (χ3v) is 5.86. The van der Waals surface area contributed by atoms with Crippen molar-refractivity contribution in [2.24, 2.45) is 0 Å². The van der Waals surface area contributed by atoms with Crippen LogP contribution in [-0.2, 0) is 17.0 Å². The van der Waals surface area contributed by atoms with Crippen LogP contribution in [0.25, 0.3) is 0 Å². The van der Waals surface area contributed by atoms with Crippen molar-refractivity contribution in [1.82, 2.24) is 0 Å². The topological polar surface area (TPSA) is 9.23 Å². The third-order valence-electron chi connectivity index (χ3n) is 5.86. The van der Waals surface area contributed by atoms with Crippen molar-refractivity contribution in [1.29, 1.82) is 0 Å². The van der Waals surface area contributed by atoms with Crippen LogP contribution in [-0.4, -0.2) is 12.5 Å². The van der Waals surface area contributed by atoms with Gasteiger partial charge in [-0.25, -0.2) is 43.9 Å². The van der Waals surface area contributed by atoms with E-state index in [0.29, 0.717) is 0 Å². The number of halogens is 16. The number of hydrogen-bond acceptors (Lipinski definition) is 1. The van der Waals surface area contributed by atoms with Crippen LogP contribution in [0.15, 0.2) is 18.2 Å². The van der Waals surface area contributed by atoms with Gasteiger partial charge in [-0.2, -0.15) is 31.8 Å². The van der Waals surface area contributed by atoms with E-state index in [9.17, 15) is 52.7 Å². The first-order chi connectivity index (χ1) is 18.6. The minimum absolute atomic E-state index is 0.478. The van der Waals surface area contributed by atoms with Crippen molar-refractivity contribution in [2.45, 2.75) is 32.3 Å². The Labute approximate surface area is 218 Å². The van der Waals surface area contributed by atoms with Gasteiger partial charge in [0.2, 0.25) is 6.35 Å². The van der Waals surface area contributed by atoms with Crippen LogP contribution in [0.5, 0.6) is 0 Å². The highest BCUT2D eigenvalue weighted by Gasteiger charge is 2.48. The molecule has 0 heterocycles. The van der Waals surface area contributed by atoms with Crippen LogP contribution in [0.3, 0.4) is 0 Å². The molecule has 0 aliphatic rings. The van der Waals surface area contributed by atoms with E-state index in [1.807, 2.05) is 0 Å². The highest BCUT2D eigenvalue weighted by atomic mass is 19.4. The Kier molecular flexibility index (Phi) is 8.17. The summed E-state index contributed by atoms with van der Waals surface area (Å²) in [6.07, 6.45) is -19.0. The lowest BCUT2D eigenvalue weighted by Gasteiger charge is -2.46. The summed E-state index contributed by atoms with van der Waals surface area (Å²) < 4.78 is 233. The number of hydrogen-bond donors (Lipinski definition) is 0. The maximum Gasteiger partial charge on any atom is 0.416 e. The molecule has 0 aliphatic heterocycles. The second-order valence-corrected chi connectivity index (χ2v) is 8.78. The smallest absolute Gasteiger partial charge is 0.416 e. The molecule has 0 aromatic heterocycles. The Morgan fingerprint density at radius 1 is 0.488 bits per heavy atom. The Morgan fingerprint density at radius 3 is 1.00 bits per heavy atom. The second kappa shape index (κ2) is 10.4. The van der Waals surface area contributed by atoms with Crippen molar-refractivity contribution in [3.8, 4) is 0 Å². The van der Waals surface area contributed by atoms with Gasteiger partial charge in [0.1, 0.15) is 23.3 Å². The van der Waals surface area contributed by atoms with Crippen molar-refractivity contribution in [3.63, 3.8) is 0 Å². The molecular weight excluding hydrogens is 607 g/mol. The lowest BCUT2D eigenvalue weighted by atomic mass is 9.27. The molecule has 0 atom stereocenters. The van der Waals surface area contributed by atoms with E-state index in [-0.39, 0.29) is 0 Å². The summed E-state index contributed by atoms with van der Waals surface area (Å²) in [7, 11) is 0. The summed E-state index contributed by atoms with van der Waals surface area (Å²) in [6.45, 7) is 1.51. The van der Waals surface area contributed by atoms with Gasteiger partial charge in [-0.3, -0.25) is 0 Å². The molecule has 0 saturated heterocycles. The zero-order valence-electron chi connectivity index (χ0n) is 19.8. The normalized spacial score (nSPS) is 13.0. The summed E-state index contributed by atoms with van der Waals surface area (Å²) in [5.41, 5.74) is -12.0. The first-order valence-electron chi connectivity index (χ1n) is 10.7. The Morgan fingerprint density at radius 2 is 0.756 bits per heavy atom. The highest BCUT2D eigenvalue weighted by molar-refractivity contribution is 7.07. The van der Waals surface area contributed by atoms with Gasteiger partial charge < -0.3 is 4.65 Å². The first kappa shape index (κ1) is 32.1. The third kappa shape index (κ3) is 5.21. The van der Waals surface area contributed by atoms with Gasteiger partial charge in [-0.05, 0) is 19.9 Å². The predicted octanol–water partition coefficient (Wildman–Crippen LogP) is 6.51. The number of benzene rings is 3. The van der Waals surface area contributed by atoms with Gasteiger partial charge in [0.15, 0.2) is 34.9 Å². The monoisotopic (exact) mass is 617 g/mol. The van der Waals surface area contributed by atoms with Gasteiger partial charge in [0.25, 0.3) is 0 Å². The van der Waals surface area contributed by atoms with Crippen molar-refractivity contribution in [3.05, 3.63) is 87.5 Å².